The first-order valence-electron chi connectivity index (χ1n) is 4.78. The van der Waals surface area contributed by atoms with Crippen molar-refractivity contribution in [3.63, 3.8) is 0 Å². The summed E-state index contributed by atoms with van der Waals surface area (Å²) in [6.07, 6.45) is 0. The molecule has 0 bridgehead atoms. The lowest BCUT2D eigenvalue weighted by molar-refractivity contribution is 0.750. The third-order valence-electron chi connectivity index (χ3n) is 2.68. The summed E-state index contributed by atoms with van der Waals surface area (Å²) in [6, 6.07) is 6.30. The van der Waals surface area contributed by atoms with Gasteiger partial charge in [-0.05, 0) is 25.5 Å². The van der Waals surface area contributed by atoms with Crippen molar-refractivity contribution in [3.8, 4) is 0 Å². The van der Waals surface area contributed by atoms with Gasteiger partial charge in [-0.1, -0.05) is 12.1 Å². The molecule has 2 aromatic rings. The zero-order valence-corrected chi connectivity index (χ0v) is 8.78. The van der Waals surface area contributed by atoms with Crippen molar-refractivity contribution in [1.82, 2.24) is 9.78 Å². The van der Waals surface area contributed by atoms with Crippen molar-refractivity contribution in [2.45, 2.75) is 19.9 Å². The molecule has 74 valence electrons. The highest BCUT2D eigenvalue weighted by Gasteiger charge is 2.06. The molecular formula is C11H15N3. The Kier molecular flexibility index (Phi) is 2.04. The van der Waals surface area contributed by atoms with Crippen molar-refractivity contribution in [1.29, 1.82) is 0 Å². The number of nitrogens with two attached hydrogens (primary N) is 1. The van der Waals surface area contributed by atoms with E-state index in [1.54, 1.807) is 0 Å². The topological polar surface area (TPSA) is 43.8 Å². The van der Waals surface area contributed by atoms with Crippen LogP contribution in [0.25, 0.3) is 10.9 Å². The van der Waals surface area contributed by atoms with Gasteiger partial charge in [0.1, 0.15) is 0 Å². The Morgan fingerprint density at radius 1 is 1.43 bits per heavy atom. The molecule has 1 heterocycles. The second kappa shape index (κ2) is 3.10. The molecule has 1 unspecified atom stereocenters. The summed E-state index contributed by atoms with van der Waals surface area (Å²) in [5.74, 6) is 0. The van der Waals surface area contributed by atoms with E-state index in [0.717, 1.165) is 11.1 Å². The summed E-state index contributed by atoms with van der Waals surface area (Å²) in [5, 5.41) is 5.62. The molecule has 0 fully saturated rings. The maximum atomic E-state index is 5.82. The highest BCUT2D eigenvalue weighted by atomic mass is 15.3. The molecule has 0 aliphatic heterocycles. The summed E-state index contributed by atoms with van der Waals surface area (Å²) in [5.41, 5.74) is 9.17. The molecule has 0 saturated heterocycles. The average molecular weight is 189 g/mol. The number of aryl methyl sites for hydroxylation is 2. The van der Waals surface area contributed by atoms with Gasteiger partial charge < -0.3 is 5.73 Å². The first-order chi connectivity index (χ1) is 6.59. The molecule has 0 spiro atoms. The van der Waals surface area contributed by atoms with Crippen molar-refractivity contribution >= 4 is 10.9 Å². The van der Waals surface area contributed by atoms with E-state index in [2.05, 4.69) is 30.2 Å². The number of hydrogen-bond acceptors (Lipinski definition) is 2. The van der Waals surface area contributed by atoms with Gasteiger partial charge in [0.15, 0.2) is 0 Å². The SMILES string of the molecule is Cc1c2ccc(C(C)N)cc2nn1C. The highest BCUT2D eigenvalue weighted by Crippen LogP contribution is 2.20. The standard InChI is InChI=1S/C11H15N3/c1-7(12)9-4-5-10-8(2)14(3)13-11(10)6-9/h4-7H,12H2,1-3H3. The fourth-order valence-corrected chi connectivity index (χ4v) is 1.63. The third-order valence-corrected chi connectivity index (χ3v) is 2.68. The zero-order valence-electron chi connectivity index (χ0n) is 8.78. The number of nitrogens with zero attached hydrogens (tertiary/aromatic N) is 2. The Morgan fingerprint density at radius 3 is 2.79 bits per heavy atom. The highest BCUT2D eigenvalue weighted by molar-refractivity contribution is 5.82. The van der Waals surface area contributed by atoms with Gasteiger partial charge in [-0.15, -0.1) is 0 Å². The summed E-state index contributed by atoms with van der Waals surface area (Å²) in [4.78, 5) is 0. The minimum Gasteiger partial charge on any atom is -0.324 e. The second-order valence-electron chi connectivity index (χ2n) is 3.77. The molecule has 1 aromatic heterocycles. The van der Waals surface area contributed by atoms with Gasteiger partial charge in [0.05, 0.1) is 5.52 Å². The number of fused-ring (bicyclic) bond motifs is 1. The Labute approximate surface area is 83.5 Å². The fourth-order valence-electron chi connectivity index (χ4n) is 1.63. The van der Waals surface area contributed by atoms with Crippen LogP contribution in [0.3, 0.4) is 0 Å². The molecule has 0 aliphatic carbocycles. The van der Waals surface area contributed by atoms with Gasteiger partial charge in [0.2, 0.25) is 0 Å². The van der Waals surface area contributed by atoms with Crippen molar-refractivity contribution < 1.29 is 0 Å². The quantitative estimate of drug-likeness (QED) is 0.744. The van der Waals surface area contributed by atoms with Crippen LogP contribution in [-0.4, -0.2) is 9.78 Å². The van der Waals surface area contributed by atoms with E-state index in [1.807, 2.05) is 18.7 Å². The third kappa shape index (κ3) is 1.30. The minimum absolute atomic E-state index is 0.0710. The van der Waals surface area contributed by atoms with E-state index in [9.17, 15) is 0 Å². The van der Waals surface area contributed by atoms with Crippen LogP contribution in [0.1, 0.15) is 24.2 Å². The molecule has 14 heavy (non-hydrogen) atoms. The molecule has 2 N–H and O–H groups in total. The van der Waals surface area contributed by atoms with Gasteiger partial charge in [0, 0.05) is 24.2 Å². The van der Waals surface area contributed by atoms with Crippen LogP contribution < -0.4 is 5.73 Å². The van der Waals surface area contributed by atoms with Crippen molar-refractivity contribution in [2.75, 3.05) is 0 Å². The van der Waals surface area contributed by atoms with Gasteiger partial charge in [-0.2, -0.15) is 5.10 Å². The molecule has 1 atom stereocenters. The molecule has 3 nitrogen and oxygen atoms in total. The Balaban J connectivity index is 2.67. The van der Waals surface area contributed by atoms with Gasteiger partial charge in [-0.3, -0.25) is 4.68 Å². The number of aromatic nitrogens is 2. The molecule has 3 heteroatoms. The smallest absolute Gasteiger partial charge is 0.0929 e. The maximum Gasteiger partial charge on any atom is 0.0929 e. The number of benzene rings is 1. The summed E-state index contributed by atoms with van der Waals surface area (Å²) in [6.45, 7) is 4.05. The largest absolute Gasteiger partial charge is 0.324 e. The molecule has 0 aliphatic rings. The predicted octanol–water partition coefficient (Wildman–Crippen LogP) is 1.90. The van der Waals surface area contributed by atoms with E-state index < -0.39 is 0 Å². The molecule has 0 amide bonds. The van der Waals surface area contributed by atoms with Crippen LogP contribution in [0.2, 0.25) is 0 Å². The van der Waals surface area contributed by atoms with Gasteiger partial charge >= 0.3 is 0 Å². The monoisotopic (exact) mass is 189 g/mol. The minimum atomic E-state index is 0.0710. The van der Waals surface area contributed by atoms with Crippen LogP contribution in [-0.2, 0) is 7.05 Å². The van der Waals surface area contributed by atoms with E-state index in [1.165, 1.54) is 11.1 Å². The summed E-state index contributed by atoms with van der Waals surface area (Å²) >= 11 is 0. The van der Waals surface area contributed by atoms with Crippen LogP contribution in [0, 0.1) is 6.92 Å². The van der Waals surface area contributed by atoms with Crippen LogP contribution >= 0.6 is 0 Å². The van der Waals surface area contributed by atoms with Crippen LogP contribution in [0.4, 0.5) is 0 Å². The van der Waals surface area contributed by atoms with Crippen molar-refractivity contribution in [3.05, 3.63) is 29.5 Å². The summed E-state index contributed by atoms with van der Waals surface area (Å²) < 4.78 is 1.90. The lowest BCUT2D eigenvalue weighted by atomic mass is 10.1. The average Bonchev–Trinajstić information content (AvgIpc) is 2.42. The van der Waals surface area contributed by atoms with Crippen LogP contribution in [0.5, 0.6) is 0 Å². The fraction of sp³-hybridized carbons (Fsp3) is 0.364. The first-order valence-corrected chi connectivity index (χ1v) is 4.78. The van der Waals surface area contributed by atoms with Crippen molar-refractivity contribution in [2.24, 2.45) is 12.8 Å². The Hall–Kier alpha value is -1.35. The normalized spacial score (nSPS) is 13.4. The molecule has 2 rings (SSSR count). The molecule has 0 saturated carbocycles. The van der Waals surface area contributed by atoms with Gasteiger partial charge in [0.25, 0.3) is 0 Å². The lowest BCUT2D eigenvalue weighted by Crippen LogP contribution is -2.04. The first kappa shape index (κ1) is 9.21. The van der Waals surface area contributed by atoms with E-state index in [0.29, 0.717) is 0 Å². The molecule has 1 aromatic carbocycles. The lowest BCUT2D eigenvalue weighted by Gasteiger charge is -2.03. The predicted molar refractivity (Wildman–Crippen MR) is 58.1 cm³/mol. The zero-order chi connectivity index (χ0) is 10.3. The molecular weight excluding hydrogens is 174 g/mol. The summed E-state index contributed by atoms with van der Waals surface area (Å²) in [7, 11) is 1.96. The second-order valence-corrected chi connectivity index (χ2v) is 3.77. The Bertz CT molecular complexity index is 469. The van der Waals surface area contributed by atoms with E-state index >= 15 is 0 Å². The Morgan fingerprint density at radius 2 is 2.14 bits per heavy atom. The number of hydrogen-bond donors (Lipinski definition) is 1. The van der Waals surface area contributed by atoms with Gasteiger partial charge in [-0.25, -0.2) is 0 Å². The van der Waals surface area contributed by atoms with E-state index in [-0.39, 0.29) is 6.04 Å². The maximum absolute atomic E-state index is 5.82. The van der Waals surface area contributed by atoms with Crippen LogP contribution in [0.15, 0.2) is 18.2 Å². The number of rotatable bonds is 1. The molecule has 0 radical (unpaired) electrons. The van der Waals surface area contributed by atoms with E-state index in [4.69, 9.17) is 5.73 Å².